The Bertz CT molecular complexity index is 1470. The molecule has 2 saturated carbocycles. The number of rotatable bonds is 6. The van der Waals surface area contributed by atoms with E-state index in [1.54, 1.807) is 30.3 Å². The van der Waals surface area contributed by atoms with Gasteiger partial charge in [0.25, 0.3) is 0 Å². The Kier molecular flexibility index (Phi) is 5.18. The van der Waals surface area contributed by atoms with Gasteiger partial charge in [0.1, 0.15) is 0 Å². The Morgan fingerprint density at radius 1 is 0.737 bits per heavy atom. The highest BCUT2D eigenvalue weighted by Crippen LogP contribution is 2.65. The molecule has 1 saturated heterocycles. The van der Waals surface area contributed by atoms with Gasteiger partial charge in [0, 0.05) is 5.56 Å². The number of allylic oxidation sites excluding steroid dienone is 2. The first-order chi connectivity index (χ1) is 18.5. The van der Waals surface area contributed by atoms with E-state index in [0.29, 0.717) is 17.4 Å². The van der Waals surface area contributed by atoms with Crippen LogP contribution >= 0.6 is 0 Å². The number of ether oxygens (including phenoxy) is 1. The number of hydrogen-bond acceptors (Lipinski definition) is 5. The monoisotopic (exact) mass is 503 g/mol. The van der Waals surface area contributed by atoms with Crippen LogP contribution in [0.2, 0.25) is 0 Å². The van der Waals surface area contributed by atoms with Crippen molar-refractivity contribution in [3.8, 4) is 11.1 Å². The number of Topliss-reactive ketones (excluding diaryl/α,β-unsaturated/α-hetero) is 1. The molecule has 0 spiro atoms. The summed E-state index contributed by atoms with van der Waals surface area (Å²) < 4.78 is 5.38. The van der Waals surface area contributed by atoms with Gasteiger partial charge >= 0.3 is 5.97 Å². The van der Waals surface area contributed by atoms with Crippen LogP contribution in [0, 0.1) is 35.5 Å². The molecule has 1 aliphatic heterocycles. The lowest BCUT2D eigenvalue weighted by Gasteiger charge is -2.37. The van der Waals surface area contributed by atoms with E-state index in [9.17, 15) is 19.2 Å². The Morgan fingerprint density at radius 3 is 1.97 bits per heavy atom. The van der Waals surface area contributed by atoms with Crippen molar-refractivity contribution in [3.63, 3.8) is 0 Å². The summed E-state index contributed by atoms with van der Waals surface area (Å²) in [6.07, 6.45) is 5.32. The van der Waals surface area contributed by atoms with Gasteiger partial charge in [0.2, 0.25) is 11.8 Å². The number of imide groups is 1. The summed E-state index contributed by atoms with van der Waals surface area (Å²) in [5.41, 5.74) is 2.79. The first-order valence-electron chi connectivity index (χ1n) is 13.0. The molecule has 2 bridgehead atoms. The summed E-state index contributed by atoms with van der Waals surface area (Å²) in [6.45, 7) is -0.442. The molecule has 188 valence electrons. The van der Waals surface area contributed by atoms with Crippen LogP contribution in [0.5, 0.6) is 0 Å². The molecule has 1 heterocycles. The third-order valence-electron chi connectivity index (χ3n) is 8.68. The van der Waals surface area contributed by atoms with Gasteiger partial charge in [0.05, 0.1) is 23.1 Å². The van der Waals surface area contributed by atoms with Crippen molar-refractivity contribution in [2.45, 2.75) is 6.42 Å². The van der Waals surface area contributed by atoms with Crippen LogP contribution in [0.4, 0.5) is 5.69 Å². The number of esters is 1. The fraction of sp³-hybridized carbons (Fsp3) is 0.250. The average Bonchev–Trinajstić information content (AvgIpc) is 3.75. The van der Waals surface area contributed by atoms with Gasteiger partial charge in [-0.2, -0.15) is 0 Å². The van der Waals surface area contributed by atoms with Crippen LogP contribution in [-0.2, 0) is 14.3 Å². The second-order valence-electron chi connectivity index (χ2n) is 10.6. The van der Waals surface area contributed by atoms with E-state index in [-0.39, 0.29) is 52.5 Å². The Hall–Kier alpha value is -4.32. The van der Waals surface area contributed by atoms with E-state index in [1.165, 1.54) is 11.0 Å². The lowest BCUT2D eigenvalue weighted by molar-refractivity contribution is -0.124. The number of amides is 2. The number of ketones is 1. The highest BCUT2D eigenvalue weighted by atomic mass is 16.5. The van der Waals surface area contributed by atoms with Crippen LogP contribution in [0.3, 0.4) is 0 Å². The van der Waals surface area contributed by atoms with E-state index in [4.69, 9.17) is 4.74 Å². The highest BCUT2D eigenvalue weighted by Gasteiger charge is 2.67. The zero-order valence-corrected chi connectivity index (χ0v) is 20.5. The third-order valence-corrected chi connectivity index (χ3v) is 8.68. The largest absolute Gasteiger partial charge is 0.454 e. The Balaban J connectivity index is 1.07. The van der Waals surface area contributed by atoms with Crippen molar-refractivity contribution in [3.05, 3.63) is 102 Å². The van der Waals surface area contributed by atoms with Crippen molar-refractivity contribution >= 4 is 29.3 Å². The van der Waals surface area contributed by atoms with Gasteiger partial charge in [-0.05, 0) is 53.4 Å². The number of nitrogens with zero attached hydrogens (tertiary/aromatic N) is 1. The fourth-order valence-electron chi connectivity index (χ4n) is 6.81. The molecule has 5 aliphatic rings. The van der Waals surface area contributed by atoms with Gasteiger partial charge in [-0.1, -0.05) is 78.9 Å². The fourth-order valence-corrected chi connectivity index (χ4v) is 6.81. The van der Waals surface area contributed by atoms with Crippen molar-refractivity contribution in [2.24, 2.45) is 35.5 Å². The second kappa shape index (κ2) is 8.62. The maximum atomic E-state index is 13.5. The molecule has 0 aromatic heterocycles. The minimum Gasteiger partial charge on any atom is -0.454 e. The summed E-state index contributed by atoms with van der Waals surface area (Å²) in [7, 11) is 0. The van der Waals surface area contributed by atoms with E-state index in [0.717, 1.165) is 17.5 Å². The van der Waals surface area contributed by atoms with E-state index in [1.807, 2.05) is 42.5 Å². The number of carbonyl (C=O) groups is 4. The first kappa shape index (κ1) is 22.8. The zero-order valence-electron chi connectivity index (χ0n) is 20.5. The van der Waals surface area contributed by atoms with Crippen LogP contribution in [-0.4, -0.2) is 30.2 Å². The SMILES string of the molecule is O=C(COC(=O)c1ccccc1N1C(=O)C2C3C=CC(C4CC34)C2C1=O)c1ccc(-c2ccccc2)cc1. The molecule has 8 rings (SSSR count). The molecule has 2 amide bonds. The molecule has 3 fully saturated rings. The number of hydrogen-bond donors (Lipinski definition) is 0. The van der Waals surface area contributed by atoms with Crippen LogP contribution in [0.25, 0.3) is 11.1 Å². The van der Waals surface area contributed by atoms with Gasteiger partial charge < -0.3 is 4.74 Å². The molecular formula is C32H25NO5. The number of para-hydroxylation sites is 1. The Labute approximate surface area is 219 Å². The summed E-state index contributed by atoms with van der Waals surface area (Å²) in [4.78, 5) is 54.1. The normalized spacial score (nSPS) is 28.2. The maximum Gasteiger partial charge on any atom is 0.340 e. The lowest BCUT2D eigenvalue weighted by atomic mass is 9.63. The molecule has 6 unspecified atom stereocenters. The van der Waals surface area contributed by atoms with Crippen molar-refractivity contribution in [2.75, 3.05) is 11.5 Å². The predicted octanol–water partition coefficient (Wildman–Crippen LogP) is 4.95. The smallest absolute Gasteiger partial charge is 0.340 e. The molecule has 0 radical (unpaired) electrons. The second-order valence-corrected chi connectivity index (χ2v) is 10.6. The number of benzene rings is 3. The minimum absolute atomic E-state index is 0.0986. The topological polar surface area (TPSA) is 80.8 Å². The molecule has 6 atom stereocenters. The molecule has 38 heavy (non-hydrogen) atoms. The maximum absolute atomic E-state index is 13.5. The lowest BCUT2D eigenvalue weighted by Crippen LogP contribution is -2.40. The standard InChI is InChI=1S/C32H25NO5/c34-27(20-12-10-19(11-13-20)18-6-2-1-3-7-18)17-38-32(37)23-8-4-5-9-26(23)33-30(35)28-21-14-15-22(25-16-24(21)25)29(28)31(33)36/h1-15,21-22,24-25,28-29H,16-17H2. The van der Waals surface area contributed by atoms with Crippen LogP contribution in [0.15, 0.2) is 91.0 Å². The molecule has 0 N–H and O–H groups in total. The third kappa shape index (κ3) is 3.47. The molecule has 3 aromatic carbocycles. The van der Waals surface area contributed by atoms with Gasteiger partial charge in [0.15, 0.2) is 12.4 Å². The average molecular weight is 504 g/mol. The van der Waals surface area contributed by atoms with Crippen LogP contribution in [0.1, 0.15) is 27.1 Å². The van der Waals surface area contributed by atoms with E-state index < -0.39 is 12.6 Å². The molecular weight excluding hydrogens is 478 g/mol. The minimum atomic E-state index is -0.741. The first-order valence-corrected chi connectivity index (χ1v) is 13.0. The Morgan fingerprint density at radius 2 is 1.32 bits per heavy atom. The molecule has 6 nitrogen and oxygen atoms in total. The van der Waals surface area contributed by atoms with Crippen molar-refractivity contribution in [1.82, 2.24) is 0 Å². The van der Waals surface area contributed by atoms with Gasteiger partial charge in [-0.15, -0.1) is 0 Å². The number of carbonyl (C=O) groups excluding carboxylic acids is 4. The molecule has 3 aromatic rings. The van der Waals surface area contributed by atoms with Crippen LogP contribution < -0.4 is 4.90 Å². The summed E-state index contributed by atoms with van der Waals surface area (Å²) in [6, 6.07) is 23.4. The highest BCUT2D eigenvalue weighted by molar-refractivity contribution is 6.24. The summed E-state index contributed by atoms with van der Waals surface area (Å²) in [5.74, 6) is -1.07. The van der Waals surface area contributed by atoms with Gasteiger partial charge in [-0.25, -0.2) is 9.69 Å². The molecule has 4 aliphatic carbocycles. The quantitative estimate of drug-likeness (QED) is 0.206. The number of anilines is 1. The van der Waals surface area contributed by atoms with E-state index in [2.05, 4.69) is 12.2 Å². The van der Waals surface area contributed by atoms with E-state index >= 15 is 0 Å². The zero-order chi connectivity index (χ0) is 26.0. The van der Waals surface area contributed by atoms with Crippen molar-refractivity contribution < 1.29 is 23.9 Å². The molecule has 6 heteroatoms. The summed E-state index contributed by atoms with van der Waals surface area (Å²) >= 11 is 0. The van der Waals surface area contributed by atoms with Crippen molar-refractivity contribution in [1.29, 1.82) is 0 Å². The summed E-state index contributed by atoms with van der Waals surface area (Å²) in [5, 5.41) is 0. The predicted molar refractivity (Wildman–Crippen MR) is 140 cm³/mol. The van der Waals surface area contributed by atoms with Gasteiger partial charge in [-0.3, -0.25) is 14.4 Å².